The summed E-state index contributed by atoms with van der Waals surface area (Å²) >= 11 is 6.10. The molecule has 2 aromatic carbocycles. The minimum Gasteiger partial charge on any atom is -0.493 e. The van der Waals surface area contributed by atoms with Crippen molar-refractivity contribution in [2.24, 2.45) is 0 Å². The molecule has 1 aliphatic rings. The Labute approximate surface area is 184 Å². The van der Waals surface area contributed by atoms with Gasteiger partial charge in [0.2, 0.25) is 0 Å². The first-order valence-electron chi connectivity index (χ1n) is 10.0. The Morgan fingerprint density at radius 3 is 2.81 bits per heavy atom. The van der Waals surface area contributed by atoms with Crippen LogP contribution in [0, 0.1) is 5.82 Å². The molecule has 0 bridgehead atoms. The average Bonchev–Trinajstić information content (AvgIpc) is 3.17. The van der Waals surface area contributed by atoms with Gasteiger partial charge in [-0.05, 0) is 43.5 Å². The first kappa shape index (κ1) is 21.5. The van der Waals surface area contributed by atoms with Crippen LogP contribution in [0.25, 0.3) is 11.0 Å². The highest BCUT2D eigenvalue weighted by molar-refractivity contribution is 6.31. The fourth-order valence-corrected chi connectivity index (χ4v) is 4.27. The fraction of sp³-hybridized carbons (Fsp3) is 0.348. The predicted molar refractivity (Wildman–Crippen MR) is 114 cm³/mol. The van der Waals surface area contributed by atoms with E-state index < -0.39 is 24.1 Å². The number of hydrogen-bond donors (Lipinski definition) is 1. The summed E-state index contributed by atoms with van der Waals surface area (Å²) in [5.74, 6) is 0.126. The lowest BCUT2D eigenvalue weighted by atomic mass is 9.88. The molecule has 1 aliphatic carbocycles. The number of carbonyl (C=O) groups excluding carboxylic acids is 1. The van der Waals surface area contributed by atoms with Crippen LogP contribution in [-0.2, 0) is 0 Å². The number of carbonyl (C=O) groups is 1. The van der Waals surface area contributed by atoms with E-state index in [1.807, 2.05) is 0 Å². The van der Waals surface area contributed by atoms with Crippen LogP contribution in [0.3, 0.4) is 0 Å². The van der Waals surface area contributed by atoms with Gasteiger partial charge in [0.1, 0.15) is 23.8 Å². The summed E-state index contributed by atoms with van der Waals surface area (Å²) in [6, 6.07) is 10.2. The molecule has 0 aliphatic heterocycles. The summed E-state index contributed by atoms with van der Waals surface area (Å²) in [6.45, 7) is 0. The lowest BCUT2D eigenvalue weighted by Gasteiger charge is -2.39. The maximum absolute atomic E-state index is 13.5. The van der Waals surface area contributed by atoms with Crippen molar-refractivity contribution in [3.05, 3.63) is 59.1 Å². The molecule has 0 radical (unpaired) electrons. The molecule has 1 amide bonds. The Morgan fingerprint density at radius 2 is 2.06 bits per heavy atom. The third-order valence-electron chi connectivity index (χ3n) is 5.64. The molecule has 4 rings (SSSR count). The van der Waals surface area contributed by atoms with E-state index in [4.69, 9.17) is 25.5 Å². The second-order valence-electron chi connectivity index (χ2n) is 7.66. The molecule has 6 nitrogen and oxygen atoms in total. The second-order valence-corrected chi connectivity index (χ2v) is 8.09. The fourth-order valence-electron chi connectivity index (χ4n) is 4.05. The number of methoxy groups -OCH3 is 1. The standard InChI is InChI=1S/C23H23ClFNO5/c1-26(23(28)20-10-13-9-14(24)11-19(29-2)22(13)31-20)17-7-4-8-18(21(17)27)30-16-6-3-5-15(25)12-16/h3,5-6,9-12,17-18,21,27H,4,7-8H2,1-2H3/t17-,18-,21-/m1/s1. The lowest BCUT2D eigenvalue weighted by Crippen LogP contribution is -2.53. The zero-order valence-corrected chi connectivity index (χ0v) is 17.9. The number of halogens is 2. The highest BCUT2D eigenvalue weighted by Crippen LogP contribution is 2.34. The van der Waals surface area contributed by atoms with E-state index in [0.717, 1.165) is 6.42 Å². The van der Waals surface area contributed by atoms with Crippen molar-refractivity contribution < 1.29 is 28.2 Å². The number of rotatable bonds is 5. The summed E-state index contributed by atoms with van der Waals surface area (Å²) in [6.07, 6.45) is 0.492. The quantitative estimate of drug-likeness (QED) is 0.615. The van der Waals surface area contributed by atoms with Gasteiger partial charge in [-0.15, -0.1) is 0 Å². The Hall–Kier alpha value is -2.77. The third-order valence-corrected chi connectivity index (χ3v) is 5.86. The van der Waals surface area contributed by atoms with Crippen molar-refractivity contribution in [2.45, 2.75) is 37.5 Å². The van der Waals surface area contributed by atoms with E-state index >= 15 is 0 Å². The van der Waals surface area contributed by atoms with Gasteiger partial charge in [0, 0.05) is 29.6 Å². The molecule has 1 saturated carbocycles. The van der Waals surface area contributed by atoms with Crippen molar-refractivity contribution in [2.75, 3.05) is 14.2 Å². The minimum atomic E-state index is -0.931. The highest BCUT2D eigenvalue weighted by atomic mass is 35.5. The molecule has 0 spiro atoms. The largest absolute Gasteiger partial charge is 0.493 e. The maximum atomic E-state index is 13.5. The van der Waals surface area contributed by atoms with Crippen LogP contribution < -0.4 is 9.47 Å². The van der Waals surface area contributed by atoms with Gasteiger partial charge in [0.25, 0.3) is 5.91 Å². The van der Waals surface area contributed by atoms with E-state index in [1.54, 1.807) is 37.4 Å². The van der Waals surface area contributed by atoms with Crippen LogP contribution in [0.15, 0.2) is 46.9 Å². The highest BCUT2D eigenvalue weighted by Gasteiger charge is 2.38. The smallest absolute Gasteiger partial charge is 0.289 e. The average molecular weight is 448 g/mol. The molecule has 1 aromatic heterocycles. The molecule has 1 fully saturated rings. The lowest BCUT2D eigenvalue weighted by molar-refractivity contribution is -0.0418. The van der Waals surface area contributed by atoms with Crippen LogP contribution in [-0.4, -0.2) is 48.3 Å². The van der Waals surface area contributed by atoms with Gasteiger partial charge < -0.3 is 23.9 Å². The van der Waals surface area contributed by atoms with Crippen molar-refractivity contribution in [3.8, 4) is 11.5 Å². The number of fused-ring (bicyclic) bond motifs is 1. The van der Waals surface area contributed by atoms with Crippen LogP contribution in [0.5, 0.6) is 11.5 Å². The van der Waals surface area contributed by atoms with E-state index in [-0.39, 0.29) is 11.7 Å². The number of aliphatic hydroxyl groups is 1. The van der Waals surface area contributed by atoms with Crippen molar-refractivity contribution in [1.29, 1.82) is 0 Å². The molecule has 0 saturated heterocycles. The second kappa shape index (κ2) is 8.77. The molecule has 8 heteroatoms. The van der Waals surface area contributed by atoms with Gasteiger partial charge in [-0.1, -0.05) is 17.7 Å². The van der Waals surface area contributed by atoms with E-state index in [0.29, 0.717) is 40.3 Å². The van der Waals surface area contributed by atoms with Crippen LogP contribution in [0.1, 0.15) is 29.8 Å². The SMILES string of the molecule is COc1cc(Cl)cc2cc(C(=O)N(C)[C@@H]3CCC[C@@H](Oc4cccc(F)c4)[C@@H]3O)oc12. The third kappa shape index (κ3) is 4.34. The van der Waals surface area contributed by atoms with Crippen LogP contribution >= 0.6 is 11.6 Å². The van der Waals surface area contributed by atoms with Gasteiger partial charge in [0.15, 0.2) is 17.1 Å². The molecule has 164 valence electrons. The van der Waals surface area contributed by atoms with Crippen molar-refractivity contribution in [1.82, 2.24) is 4.90 Å². The van der Waals surface area contributed by atoms with Crippen molar-refractivity contribution in [3.63, 3.8) is 0 Å². The number of amides is 1. The summed E-state index contributed by atoms with van der Waals surface area (Å²) < 4.78 is 30.3. The van der Waals surface area contributed by atoms with E-state index in [1.165, 1.54) is 24.1 Å². The Bertz CT molecular complexity index is 1100. The molecule has 3 atom stereocenters. The molecule has 3 aromatic rings. The number of ether oxygens (including phenoxy) is 2. The molecule has 31 heavy (non-hydrogen) atoms. The summed E-state index contributed by atoms with van der Waals surface area (Å²) in [5.41, 5.74) is 0.431. The molecular weight excluding hydrogens is 425 g/mol. The Balaban J connectivity index is 1.53. The van der Waals surface area contributed by atoms with Gasteiger partial charge in [-0.3, -0.25) is 4.79 Å². The van der Waals surface area contributed by atoms with Gasteiger partial charge in [0.05, 0.1) is 13.2 Å². The molecule has 1 heterocycles. The topological polar surface area (TPSA) is 72.1 Å². The van der Waals surface area contributed by atoms with Crippen LogP contribution in [0.2, 0.25) is 5.02 Å². The van der Waals surface area contributed by atoms with Crippen LogP contribution in [0.4, 0.5) is 4.39 Å². The Kier molecular flexibility index (Phi) is 6.07. The monoisotopic (exact) mass is 447 g/mol. The predicted octanol–water partition coefficient (Wildman–Crippen LogP) is 4.67. The zero-order valence-electron chi connectivity index (χ0n) is 17.2. The molecular formula is C23H23ClFNO5. The molecule has 0 unspecified atom stereocenters. The summed E-state index contributed by atoms with van der Waals surface area (Å²) in [4.78, 5) is 14.6. The van der Waals surface area contributed by atoms with Gasteiger partial charge >= 0.3 is 0 Å². The normalized spacial score (nSPS) is 21.1. The van der Waals surface area contributed by atoms with E-state index in [9.17, 15) is 14.3 Å². The number of hydrogen-bond acceptors (Lipinski definition) is 5. The number of furan rings is 1. The number of likely N-dealkylation sites (N-methyl/N-ethyl adjacent to an activating group) is 1. The Morgan fingerprint density at radius 1 is 1.26 bits per heavy atom. The molecule has 1 N–H and O–H groups in total. The maximum Gasteiger partial charge on any atom is 0.289 e. The number of nitrogens with zero attached hydrogens (tertiary/aromatic N) is 1. The summed E-state index contributed by atoms with van der Waals surface area (Å²) in [5, 5.41) is 12.0. The van der Waals surface area contributed by atoms with Crippen molar-refractivity contribution >= 4 is 28.5 Å². The van der Waals surface area contributed by atoms with Gasteiger partial charge in [-0.25, -0.2) is 4.39 Å². The first-order chi connectivity index (χ1) is 14.9. The minimum absolute atomic E-state index is 0.124. The first-order valence-corrected chi connectivity index (χ1v) is 10.4. The van der Waals surface area contributed by atoms with Gasteiger partial charge in [-0.2, -0.15) is 0 Å². The van der Waals surface area contributed by atoms with E-state index in [2.05, 4.69) is 0 Å². The zero-order chi connectivity index (χ0) is 22.1. The summed E-state index contributed by atoms with van der Waals surface area (Å²) in [7, 11) is 3.12. The number of aliphatic hydroxyl groups excluding tert-OH is 1. The number of benzene rings is 2.